The molecule has 2 aromatic rings. The second-order valence-electron chi connectivity index (χ2n) is 5.53. The minimum Gasteiger partial charge on any atom is -0.483 e. The molecule has 25 heavy (non-hydrogen) atoms. The number of nitro benzene ring substituents is 1. The molecule has 0 bridgehead atoms. The molecule has 0 aliphatic rings. The lowest BCUT2D eigenvalue weighted by atomic mass is 10.1. The minimum atomic E-state index is -0.479. The van der Waals surface area contributed by atoms with Gasteiger partial charge in [0.2, 0.25) is 0 Å². The molecule has 0 fully saturated rings. The van der Waals surface area contributed by atoms with Gasteiger partial charge in [0.1, 0.15) is 5.75 Å². The number of nitro groups is 1. The van der Waals surface area contributed by atoms with Gasteiger partial charge in [-0.3, -0.25) is 14.9 Å². The molecule has 0 aliphatic carbocycles. The molecule has 0 aliphatic heterocycles. The van der Waals surface area contributed by atoms with Crippen molar-refractivity contribution >= 4 is 17.3 Å². The highest BCUT2D eigenvalue weighted by molar-refractivity contribution is 5.99. The zero-order chi connectivity index (χ0) is 18.4. The van der Waals surface area contributed by atoms with Gasteiger partial charge < -0.3 is 4.74 Å². The quantitative estimate of drug-likeness (QED) is 0.496. The maximum atomic E-state index is 11.9. The number of amides is 1. The second-order valence-corrected chi connectivity index (χ2v) is 5.53. The van der Waals surface area contributed by atoms with Crippen LogP contribution in [0.5, 0.6) is 5.75 Å². The normalized spacial score (nSPS) is 11.1. The molecule has 2 aromatic carbocycles. The Hall–Kier alpha value is -3.22. The topological polar surface area (TPSA) is 93.8 Å². The molecule has 0 aromatic heterocycles. The van der Waals surface area contributed by atoms with Crippen LogP contribution in [-0.2, 0) is 4.79 Å². The largest absolute Gasteiger partial charge is 0.483 e. The number of nitrogens with one attached hydrogen (secondary N) is 1. The Balaban J connectivity index is 1.96. The van der Waals surface area contributed by atoms with Gasteiger partial charge in [-0.2, -0.15) is 5.10 Å². The van der Waals surface area contributed by atoms with Gasteiger partial charge >= 0.3 is 0 Å². The van der Waals surface area contributed by atoms with Crippen LogP contribution in [-0.4, -0.2) is 23.1 Å². The van der Waals surface area contributed by atoms with Crippen LogP contribution in [0.2, 0.25) is 0 Å². The Labute approximate surface area is 145 Å². The summed E-state index contributed by atoms with van der Waals surface area (Å²) in [5.74, 6) is 0.236. The zero-order valence-electron chi connectivity index (χ0n) is 14.3. The standard InChI is InChI=1S/C18H19N3O4/c1-12-6-4-9-17(13(12)2)25-11-18(22)20-19-14(3)15-7-5-8-16(10-15)21(23)24/h4-10H,11H2,1-3H3,(H,20,22)/b19-14+. The maximum absolute atomic E-state index is 11.9. The van der Waals surface area contributed by atoms with Crippen molar-refractivity contribution in [2.45, 2.75) is 20.8 Å². The molecule has 0 heterocycles. The van der Waals surface area contributed by atoms with Crippen molar-refractivity contribution in [1.29, 1.82) is 0 Å². The van der Waals surface area contributed by atoms with Gasteiger partial charge in [0.05, 0.1) is 10.6 Å². The smallest absolute Gasteiger partial charge is 0.277 e. The van der Waals surface area contributed by atoms with Gasteiger partial charge in [-0.1, -0.05) is 24.3 Å². The number of carbonyl (C=O) groups is 1. The van der Waals surface area contributed by atoms with Crippen molar-refractivity contribution in [3.63, 3.8) is 0 Å². The van der Waals surface area contributed by atoms with Crippen LogP contribution >= 0.6 is 0 Å². The number of hydrogen-bond donors (Lipinski definition) is 1. The SMILES string of the molecule is C/C(=N\NC(=O)COc1cccc(C)c1C)c1cccc([N+](=O)[O-])c1. The Kier molecular flexibility index (Phi) is 5.84. The Morgan fingerprint density at radius 3 is 2.68 bits per heavy atom. The van der Waals surface area contributed by atoms with E-state index in [-0.39, 0.29) is 12.3 Å². The van der Waals surface area contributed by atoms with Crippen molar-refractivity contribution in [3.05, 3.63) is 69.3 Å². The van der Waals surface area contributed by atoms with E-state index in [9.17, 15) is 14.9 Å². The molecule has 1 amide bonds. The van der Waals surface area contributed by atoms with Gasteiger partial charge in [-0.15, -0.1) is 0 Å². The van der Waals surface area contributed by atoms with Crippen molar-refractivity contribution < 1.29 is 14.5 Å². The first-order valence-corrected chi connectivity index (χ1v) is 7.65. The number of hydrazone groups is 1. The number of rotatable bonds is 6. The van der Waals surface area contributed by atoms with Gasteiger partial charge in [0.15, 0.2) is 6.61 Å². The van der Waals surface area contributed by atoms with Crippen LogP contribution in [0.25, 0.3) is 0 Å². The number of hydrogen-bond acceptors (Lipinski definition) is 5. The predicted octanol–water partition coefficient (Wildman–Crippen LogP) is 3.13. The highest BCUT2D eigenvalue weighted by Crippen LogP contribution is 2.20. The molecule has 2 rings (SSSR count). The van der Waals surface area contributed by atoms with Crippen molar-refractivity contribution in [2.75, 3.05) is 6.61 Å². The molecule has 1 N–H and O–H groups in total. The molecule has 130 valence electrons. The van der Waals surface area contributed by atoms with Crippen LogP contribution in [0.3, 0.4) is 0 Å². The fourth-order valence-electron chi connectivity index (χ4n) is 2.11. The van der Waals surface area contributed by atoms with E-state index in [1.807, 2.05) is 26.0 Å². The van der Waals surface area contributed by atoms with E-state index in [1.54, 1.807) is 25.1 Å². The summed E-state index contributed by atoms with van der Waals surface area (Å²) in [7, 11) is 0. The van der Waals surface area contributed by atoms with E-state index in [1.165, 1.54) is 12.1 Å². The molecule has 0 saturated heterocycles. The monoisotopic (exact) mass is 341 g/mol. The Morgan fingerprint density at radius 1 is 1.24 bits per heavy atom. The third kappa shape index (κ3) is 4.87. The lowest BCUT2D eigenvalue weighted by Crippen LogP contribution is -2.25. The first-order chi connectivity index (χ1) is 11.9. The van der Waals surface area contributed by atoms with E-state index in [4.69, 9.17) is 4.74 Å². The third-order valence-corrected chi connectivity index (χ3v) is 3.74. The van der Waals surface area contributed by atoms with Gasteiger partial charge in [0, 0.05) is 17.7 Å². The number of carbonyl (C=O) groups excluding carboxylic acids is 1. The molecular formula is C18H19N3O4. The summed E-state index contributed by atoms with van der Waals surface area (Å²) in [6.45, 7) is 5.38. The predicted molar refractivity (Wildman–Crippen MR) is 94.9 cm³/mol. The average molecular weight is 341 g/mol. The summed E-state index contributed by atoms with van der Waals surface area (Å²) in [6, 6.07) is 11.7. The number of ether oxygens (including phenoxy) is 1. The summed E-state index contributed by atoms with van der Waals surface area (Å²) in [5, 5.41) is 14.8. The Morgan fingerprint density at radius 2 is 1.96 bits per heavy atom. The van der Waals surface area contributed by atoms with E-state index in [0.29, 0.717) is 17.0 Å². The number of aryl methyl sites for hydroxylation is 1. The summed E-state index contributed by atoms with van der Waals surface area (Å²) in [4.78, 5) is 22.2. The highest BCUT2D eigenvalue weighted by atomic mass is 16.6. The average Bonchev–Trinajstić information content (AvgIpc) is 2.61. The summed E-state index contributed by atoms with van der Waals surface area (Å²) in [6.07, 6.45) is 0. The van der Waals surface area contributed by atoms with Crippen molar-refractivity contribution in [3.8, 4) is 5.75 Å². The molecule has 0 spiro atoms. The molecule has 0 saturated carbocycles. The van der Waals surface area contributed by atoms with E-state index < -0.39 is 10.8 Å². The fraction of sp³-hybridized carbons (Fsp3) is 0.222. The lowest BCUT2D eigenvalue weighted by molar-refractivity contribution is -0.384. The summed E-state index contributed by atoms with van der Waals surface area (Å²) in [5.41, 5.74) is 5.44. The molecule has 0 radical (unpaired) electrons. The van der Waals surface area contributed by atoms with Crippen molar-refractivity contribution in [2.24, 2.45) is 5.10 Å². The number of benzene rings is 2. The van der Waals surface area contributed by atoms with Crippen LogP contribution in [0.4, 0.5) is 5.69 Å². The molecule has 0 unspecified atom stereocenters. The first kappa shape index (κ1) is 18.1. The second kappa shape index (κ2) is 8.05. The molecular weight excluding hydrogens is 322 g/mol. The molecule has 0 atom stereocenters. The van der Waals surface area contributed by atoms with Crippen LogP contribution in [0.15, 0.2) is 47.6 Å². The third-order valence-electron chi connectivity index (χ3n) is 3.74. The van der Waals surface area contributed by atoms with Crippen LogP contribution < -0.4 is 10.2 Å². The molecule has 7 heteroatoms. The number of nitrogens with zero attached hydrogens (tertiary/aromatic N) is 2. The van der Waals surface area contributed by atoms with E-state index in [0.717, 1.165) is 11.1 Å². The fourth-order valence-corrected chi connectivity index (χ4v) is 2.11. The zero-order valence-corrected chi connectivity index (χ0v) is 14.3. The van der Waals surface area contributed by atoms with Gasteiger partial charge in [-0.25, -0.2) is 5.43 Å². The van der Waals surface area contributed by atoms with Crippen LogP contribution in [0.1, 0.15) is 23.6 Å². The number of non-ortho nitro benzene ring substituents is 1. The van der Waals surface area contributed by atoms with Crippen molar-refractivity contribution in [1.82, 2.24) is 5.43 Å². The van der Waals surface area contributed by atoms with E-state index in [2.05, 4.69) is 10.5 Å². The van der Waals surface area contributed by atoms with Gasteiger partial charge in [0.25, 0.3) is 11.6 Å². The maximum Gasteiger partial charge on any atom is 0.277 e. The summed E-state index contributed by atoms with van der Waals surface area (Å²) >= 11 is 0. The van der Waals surface area contributed by atoms with E-state index >= 15 is 0 Å². The highest BCUT2D eigenvalue weighted by Gasteiger charge is 2.09. The summed E-state index contributed by atoms with van der Waals surface area (Å²) < 4.78 is 5.50. The van der Waals surface area contributed by atoms with Crippen LogP contribution in [0, 0.1) is 24.0 Å². The van der Waals surface area contributed by atoms with Gasteiger partial charge in [-0.05, 0) is 38.0 Å². The lowest BCUT2D eigenvalue weighted by Gasteiger charge is -2.10. The minimum absolute atomic E-state index is 0.0309. The molecule has 7 nitrogen and oxygen atoms in total. The first-order valence-electron chi connectivity index (χ1n) is 7.65. The Bertz CT molecular complexity index is 831.